The summed E-state index contributed by atoms with van der Waals surface area (Å²) < 4.78 is 11.7. The van der Waals surface area contributed by atoms with E-state index in [1.165, 1.54) is 4.79 Å². The van der Waals surface area contributed by atoms with Crippen LogP contribution < -0.4 is 10.2 Å². The maximum Gasteiger partial charge on any atom is 0.254 e. The van der Waals surface area contributed by atoms with Gasteiger partial charge in [0.25, 0.3) is 5.91 Å². The smallest absolute Gasteiger partial charge is 0.254 e. The summed E-state index contributed by atoms with van der Waals surface area (Å²) in [6, 6.07) is 22.7. The van der Waals surface area contributed by atoms with Gasteiger partial charge in [-0.3, -0.25) is 14.6 Å². The predicted octanol–water partition coefficient (Wildman–Crippen LogP) is 2.37. The number of β-amino-alcohol motifs (C(OH)–C–C–N with tert-alkyl or cyclic N) is 1. The average Bonchev–Trinajstić information content (AvgIpc) is 3.57. The molecule has 0 bridgehead atoms. The van der Waals surface area contributed by atoms with Gasteiger partial charge in [0.15, 0.2) is 5.58 Å². The van der Waals surface area contributed by atoms with Crippen LogP contribution in [0.3, 0.4) is 0 Å². The second-order valence-corrected chi connectivity index (χ2v) is 9.58. The number of nitrogens with zero attached hydrogens (tertiary/aromatic N) is 6. The fourth-order valence-corrected chi connectivity index (χ4v) is 4.68. The molecule has 1 saturated heterocycles. The predicted molar refractivity (Wildman–Crippen MR) is 146 cm³/mol. The van der Waals surface area contributed by atoms with E-state index in [4.69, 9.17) is 9.15 Å². The first-order chi connectivity index (χ1) is 19.1. The molecule has 0 spiro atoms. The third-order valence-electron chi connectivity index (χ3n) is 6.71. The van der Waals surface area contributed by atoms with E-state index in [9.17, 15) is 9.90 Å². The van der Waals surface area contributed by atoms with Gasteiger partial charge in [-0.25, -0.2) is 10.4 Å². The zero-order valence-electron chi connectivity index (χ0n) is 21.3. The molecule has 3 aromatic carbocycles. The number of aliphatic hydroxyl groups excluding tert-OH is 1. The molecule has 2 aromatic heterocycles. The van der Waals surface area contributed by atoms with Crippen molar-refractivity contribution in [2.75, 3.05) is 51.3 Å². The number of rotatable bonds is 9. The molecule has 1 unspecified atom stereocenters. The number of benzene rings is 3. The number of carbonyl (C=O) groups excluding carboxylic acids is 1. The number of aromatic nitrogens is 4. The number of hydrogen-bond donors (Lipinski definition) is 2. The Morgan fingerprint density at radius 3 is 2.59 bits per heavy atom. The number of nitrogens with one attached hydrogen (secondary N) is 1. The fourth-order valence-electron chi connectivity index (χ4n) is 4.68. The SMILES string of the molecule is O=C(CN1CCN(CC(O)COc2ccc3oc(-c4ccccc4)nc3c2)CC1)Nn1nnc2ccccc21. The van der Waals surface area contributed by atoms with Crippen molar-refractivity contribution < 1.29 is 19.1 Å². The molecule has 39 heavy (non-hydrogen) atoms. The summed E-state index contributed by atoms with van der Waals surface area (Å²) >= 11 is 0. The van der Waals surface area contributed by atoms with Crippen LogP contribution in [0, 0.1) is 0 Å². The van der Waals surface area contributed by atoms with Gasteiger partial charge < -0.3 is 14.3 Å². The number of carbonyl (C=O) groups is 1. The number of oxazole rings is 1. The third kappa shape index (κ3) is 5.90. The zero-order valence-corrected chi connectivity index (χ0v) is 21.3. The molecule has 11 heteroatoms. The van der Waals surface area contributed by atoms with Crippen molar-refractivity contribution in [3.05, 3.63) is 72.8 Å². The Bertz CT molecular complexity index is 1560. The van der Waals surface area contributed by atoms with Crippen LogP contribution in [-0.4, -0.2) is 92.9 Å². The highest BCUT2D eigenvalue weighted by molar-refractivity contribution is 5.87. The number of amides is 1. The zero-order chi connectivity index (χ0) is 26.6. The van der Waals surface area contributed by atoms with E-state index in [0.29, 0.717) is 29.3 Å². The second kappa shape index (κ2) is 11.2. The molecule has 1 amide bonds. The summed E-state index contributed by atoms with van der Waals surface area (Å²) in [4.78, 5) is 22.8. The van der Waals surface area contributed by atoms with Crippen LogP contribution in [0.5, 0.6) is 5.75 Å². The van der Waals surface area contributed by atoms with Gasteiger partial charge in [0.05, 0.1) is 6.54 Å². The van der Waals surface area contributed by atoms with Gasteiger partial charge in [-0.2, -0.15) is 4.79 Å². The molecule has 6 rings (SSSR count). The number of para-hydroxylation sites is 1. The number of aliphatic hydroxyl groups is 1. The van der Waals surface area contributed by atoms with E-state index >= 15 is 0 Å². The van der Waals surface area contributed by atoms with Gasteiger partial charge in [0.1, 0.15) is 35.0 Å². The molecule has 11 nitrogen and oxygen atoms in total. The lowest BCUT2D eigenvalue weighted by molar-refractivity contribution is -0.118. The highest BCUT2D eigenvalue weighted by atomic mass is 16.5. The van der Waals surface area contributed by atoms with Gasteiger partial charge in [-0.15, -0.1) is 5.10 Å². The molecule has 5 aromatic rings. The Kier molecular flexibility index (Phi) is 7.17. The summed E-state index contributed by atoms with van der Waals surface area (Å²) in [6.07, 6.45) is -0.645. The highest BCUT2D eigenvalue weighted by Gasteiger charge is 2.21. The first kappa shape index (κ1) is 25.0. The van der Waals surface area contributed by atoms with E-state index in [-0.39, 0.29) is 19.1 Å². The molecular formula is C28H29N7O4. The Hall–Kier alpha value is -4.32. The molecule has 200 valence electrons. The maximum absolute atomic E-state index is 12.5. The summed E-state index contributed by atoms with van der Waals surface area (Å²) in [5.41, 5.74) is 6.57. The highest BCUT2D eigenvalue weighted by Crippen LogP contribution is 2.27. The lowest BCUT2D eigenvalue weighted by Crippen LogP contribution is -2.51. The molecule has 3 heterocycles. The first-order valence-electron chi connectivity index (χ1n) is 12.9. The van der Waals surface area contributed by atoms with E-state index in [2.05, 4.69) is 30.5 Å². The standard InChI is InChI=1S/C28H29N7O4/c36-21(19-38-22-10-11-26-24(16-22)29-28(39-26)20-6-2-1-3-7-20)17-33-12-14-34(15-13-33)18-27(37)31-35-25-9-5-4-8-23(25)30-32-35/h1-11,16,21,36H,12-15,17-19H2,(H,31,37). The molecule has 1 aliphatic rings. The molecule has 2 N–H and O–H groups in total. The minimum absolute atomic E-state index is 0.146. The monoisotopic (exact) mass is 527 g/mol. The van der Waals surface area contributed by atoms with E-state index in [1.54, 1.807) is 0 Å². The van der Waals surface area contributed by atoms with Crippen LogP contribution in [-0.2, 0) is 4.79 Å². The molecule has 1 atom stereocenters. The van der Waals surface area contributed by atoms with Crippen LogP contribution in [0.25, 0.3) is 33.6 Å². The Morgan fingerprint density at radius 2 is 1.74 bits per heavy atom. The third-order valence-corrected chi connectivity index (χ3v) is 6.71. The number of hydrogen-bond acceptors (Lipinski definition) is 9. The van der Waals surface area contributed by atoms with Gasteiger partial charge in [0.2, 0.25) is 5.89 Å². The van der Waals surface area contributed by atoms with Crippen LogP contribution in [0.1, 0.15) is 0 Å². The molecule has 0 radical (unpaired) electrons. The Balaban J connectivity index is 0.943. The largest absolute Gasteiger partial charge is 0.491 e. The fraction of sp³-hybridized carbons (Fsp3) is 0.286. The minimum Gasteiger partial charge on any atom is -0.491 e. The van der Waals surface area contributed by atoms with Gasteiger partial charge >= 0.3 is 0 Å². The van der Waals surface area contributed by atoms with Gasteiger partial charge in [-0.1, -0.05) is 30.3 Å². The first-order valence-corrected chi connectivity index (χ1v) is 12.9. The summed E-state index contributed by atoms with van der Waals surface area (Å²) in [5.74, 6) is 1.05. The topological polar surface area (TPSA) is 122 Å². The van der Waals surface area contributed by atoms with Crippen molar-refractivity contribution in [1.29, 1.82) is 0 Å². The maximum atomic E-state index is 12.5. The summed E-state index contributed by atoms with van der Waals surface area (Å²) in [7, 11) is 0. The summed E-state index contributed by atoms with van der Waals surface area (Å²) in [6.45, 7) is 3.90. The van der Waals surface area contributed by atoms with Crippen molar-refractivity contribution in [2.45, 2.75) is 6.10 Å². The van der Waals surface area contributed by atoms with E-state index in [0.717, 1.165) is 42.8 Å². The Morgan fingerprint density at radius 1 is 0.974 bits per heavy atom. The van der Waals surface area contributed by atoms with Crippen molar-refractivity contribution in [3.8, 4) is 17.2 Å². The van der Waals surface area contributed by atoms with Gasteiger partial charge in [0, 0.05) is 44.4 Å². The minimum atomic E-state index is -0.645. The second-order valence-electron chi connectivity index (χ2n) is 9.58. The number of fused-ring (bicyclic) bond motifs is 2. The quantitative estimate of drug-likeness (QED) is 0.297. The number of ether oxygens (including phenoxy) is 1. The normalized spacial score (nSPS) is 15.5. The van der Waals surface area contributed by atoms with E-state index in [1.807, 2.05) is 72.8 Å². The Labute approximate surface area is 224 Å². The van der Waals surface area contributed by atoms with Crippen LogP contribution in [0.2, 0.25) is 0 Å². The van der Waals surface area contributed by atoms with Crippen molar-refractivity contribution >= 4 is 28.0 Å². The lowest BCUT2D eigenvalue weighted by Gasteiger charge is -2.35. The van der Waals surface area contributed by atoms with E-state index < -0.39 is 6.10 Å². The van der Waals surface area contributed by atoms with Crippen molar-refractivity contribution in [2.24, 2.45) is 0 Å². The molecular weight excluding hydrogens is 498 g/mol. The van der Waals surface area contributed by atoms with Crippen molar-refractivity contribution in [3.63, 3.8) is 0 Å². The van der Waals surface area contributed by atoms with Crippen LogP contribution in [0.4, 0.5) is 0 Å². The molecule has 1 fully saturated rings. The van der Waals surface area contributed by atoms with Gasteiger partial charge in [-0.05, 0) is 41.6 Å². The molecule has 1 aliphatic heterocycles. The van der Waals surface area contributed by atoms with Crippen LogP contribution >= 0.6 is 0 Å². The lowest BCUT2D eigenvalue weighted by atomic mass is 10.2. The summed E-state index contributed by atoms with van der Waals surface area (Å²) in [5, 5.41) is 18.6. The number of piperazine rings is 1. The molecule has 0 saturated carbocycles. The van der Waals surface area contributed by atoms with Crippen molar-refractivity contribution in [1.82, 2.24) is 29.9 Å². The average molecular weight is 528 g/mol. The molecule has 0 aliphatic carbocycles. The van der Waals surface area contributed by atoms with Crippen LogP contribution in [0.15, 0.2) is 77.2 Å².